The lowest BCUT2D eigenvalue weighted by Gasteiger charge is -2.40. The minimum atomic E-state index is 0.125. The molecule has 2 heterocycles. The fourth-order valence-electron chi connectivity index (χ4n) is 3.55. The Hall–Kier alpha value is -2.47. The number of amides is 1. The van der Waals surface area contributed by atoms with Gasteiger partial charge in [-0.1, -0.05) is 45.0 Å². The first-order valence-electron chi connectivity index (χ1n) is 9.94. The molecule has 0 radical (unpaired) electrons. The molecule has 1 aliphatic heterocycles. The second kappa shape index (κ2) is 8.27. The van der Waals surface area contributed by atoms with Gasteiger partial charge >= 0.3 is 0 Å². The minimum Gasteiger partial charge on any atom is -0.349 e. The third-order valence-electron chi connectivity index (χ3n) is 5.36. The van der Waals surface area contributed by atoms with Gasteiger partial charge < -0.3 is 15.5 Å². The number of carbonyl (C=O) groups excluding carboxylic acids is 1. The van der Waals surface area contributed by atoms with Crippen LogP contribution in [0, 0.1) is 0 Å². The monoisotopic (exact) mass is 381 g/mol. The number of rotatable bonds is 4. The normalized spacial score (nSPS) is 17.7. The van der Waals surface area contributed by atoms with E-state index in [0.717, 1.165) is 23.6 Å². The van der Waals surface area contributed by atoms with Crippen molar-refractivity contribution in [2.45, 2.75) is 52.1 Å². The van der Waals surface area contributed by atoms with E-state index in [9.17, 15) is 4.79 Å². The Balaban J connectivity index is 1.59. The average molecular weight is 382 g/mol. The molecular weight excluding hydrogens is 350 g/mol. The number of nitrogens with zero attached hydrogens (tertiary/aromatic N) is 4. The van der Waals surface area contributed by atoms with E-state index in [-0.39, 0.29) is 17.4 Å². The molecule has 2 N–H and O–H groups in total. The largest absolute Gasteiger partial charge is 0.349 e. The molecule has 2 aromatic rings. The predicted octanol–water partition coefficient (Wildman–Crippen LogP) is 2.51. The molecule has 0 unspecified atom stereocenters. The summed E-state index contributed by atoms with van der Waals surface area (Å²) in [5.74, 6) is 1.02. The minimum absolute atomic E-state index is 0.125. The van der Waals surface area contributed by atoms with Crippen molar-refractivity contribution in [2.75, 3.05) is 24.5 Å². The fraction of sp³-hybridized carbons (Fsp3) is 0.500. The Labute approximate surface area is 167 Å². The first kappa shape index (κ1) is 20.3. The Kier molecular flexibility index (Phi) is 5.98. The van der Waals surface area contributed by atoms with Crippen molar-refractivity contribution in [3.8, 4) is 0 Å². The van der Waals surface area contributed by atoms with Crippen LogP contribution in [0.25, 0.3) is 0 Å². The highest BCUT2D eigenvalue weighted by Crippen LogP contribution is 2.23. The molecule has 28 heavy (non-hydrogen) atoms. The van der Waals surface area contributed by atoms with Crippen molar-refractivity contribution >= 4 is 11.7 Å². The summed E-state index contributed by atoms with van der Waals surface area (Å²) in [5.41, 5.74) is 8.85. The molecule has 0 spiro atoms. The van der Waals surface area contributed by atoms with Gasteiger partial charge in [0.15, 0.2) is 5.82 Å². The molecule has 150 valence electrons. The standard InChI is InChI=1S/C22H31N5O/c1-16-15-26(11-12-27(16)20-10-9-19(14-23)24-25-20)21(28)13-17-5-7-18(8-6-17)22(2,3)4/h5-10,16H,11-15,23H2,1-4H3/t16-/m0/s1. The molecule has 1 saturated heterocycles. The maximum absolute atomic E-state index is 12.8. The third kappa shape index (κ3) is 4.68. The van der Waals surface area contributed by atoms with Gasteiger partial charge in [-0.25, -0.2) is 0 Å². The van der Waals surface area contributed by atoms with Crippen LogP contribution in [0.2, 0.25) is 0 Å². The van der Waals surface area contributed by atoms with E-state index in [1.54, 1.807) is 0 Å². The first-order chi connectivity index (χ1) is 13.3. The smallest absolute Gasteiger partial charge is 0.227 e. The summed E-state index contributed by atoms with van der Waals surface area (Å²) in [6, 6.07) is 12.5. The van der Waals surface area contributed by atoms with E-state index in [1.165, 1.54) is 5.56 Å². The summed E-state index contributed by atoms with van der Waals surface area (Å²) in [6.07, 6.45) is 0.447. The molecule has 6 nitrogen and oxygen atoms in total. The van der Waals surface area contributed by atoms with Crippen molar-refractivity contribution in [3.63, 3.8) is 0 Å². The van der Waals surface area contributed by atoms with Crippen LogP contribution >= 0.6 is 0 Å². The van der Waals surface area contributed by atoms with Crippen LogP contribution in [0.3, 0.4) is 0 Å². The van der Waals surface area contributed by atoms with E-state index in [1.807, 2.05) is 17.0 Å². The number of hydrogen-bond acceptors (Lipinski definition) is 5. The van der Waals surface area contributed by atoms with Crippen molar-refractivity contribution in [1.82, 2.24) is 15.1 Å². The van der Waals surface area contributed by atoms with Gasteiger partial charge in [-0.05, 0) is 35.6 Å². The van der Waals surface area contributed by atoms with E-state index in [0.29, 0.717) is 26.1 Å². The first-order valence-corrected chi connectivity index (χ1v) is 9.94. The molecule has 1 fully saturated rings. The molecule has 1 aromatic heterocycles. The zero-order chi connectivity index (χ0) is 20.3. The number of nitrogens with two attached hydrogens (primary N) is 1. The highest BCUT2D eigenvalue weighted by Gasteiger charge is 2.27. The number of hydrogen-bond donors (Lipinski definition) is 1. The molecule has 3 rings (SSSR count). The van der Waals surface area contributed by atoms with Crippen LogP contribution in [0.1, 0.15) is 44.5 Å². The second-order valence-corrected chi connectivity index (χ2v) is 8.59. The van der Waals surface area contributed by atoms with E-state index in [4.69, 9.17) is 5.73 Å². The Morgan fingerprint density at radius 3 is 2.36 bits per heavy atom. The molecule has 0 bridgehead atoms. The average Bonchev–Trinajstić information content (AvgIpc) is 2.68. The highest BCUT2D eigenvalue weighted by atomic mass is 16.2. The summed E-state index contributed by atoms with van der Waals surface area (Å²) in [5, 5.41) is 8.43. The maximum atomic E-state index is 12.8. The number of benzene rings is 1. The van der Waals surface area contributed by atoms with Crippen molar-refractivity contribution in [2.24, 2.45) is 5.73 Å². The summed E-state index contributed by atoms with van der Waals surface area (Å²) >= 11 is 0. The molecule has 1 atom stereocenters. The number of piperazine rings is 1. The zero-order valence-corrected chi connectivity index (χ0v) is 17.4. The van der Waals surface area contributed by atoms with Gasteiger partial charge in [0, 0.05) is 32.2 Å². The molecule has 1 aromatic carbocycles. The Bertz CT molecular complexity index is 795. The quantitative estimate of drug-likeness (QED) is 0.881. The van der Waals surface area contributed by atoms with Gasteiger partial charge in [-0.2, -0.15) is 5.10 Å². The second-order valence-electron chi connectivity index (χ2n) is 8.59. The van der Waals surface area contributed by atoms with E-state index in [2.05, 4.69) is 67.1 Å². The number of carbonyl (C=O) groups is 1. The Morgan fingerprint density at radius 1 is 1.11 bits per heavy atom. The maximum Gasteiger partial charge on any atom is 0.227 e. The topological polar surface area (TPSA) is 75.4 Å². The lowest BCUT2D eigenvalue weighted by molar-refractivity contribution is -0.131. The van der Waals surface area contributed by atoms with Crippen LogP contribution < -0.4 is 10.6 Å². The molecule has 1 aliphatic rings. The number of aromatic nitrogens is 2. The Morgan fingerprint density at radius 2 is 1.82 bits per heavy atom. The third-order valence-corrected chi connectivity index (χ3v) is 5.36. The van der Waals surface area contributed by atoms with Crippen LogP contribution in [-0.4, -0.2) is 46.7 Å². The molecule has 0 saturated carbocycles. The molecule has 6 heteroatoms. The van der Waals surface area contributed by atoms with Gasteiger partial charge in [0.05, 0.1) is 12.1 Å². The van der Waals surface area contributed by atoms with E-state index >= 15 is 0 Å². The summed E-state index contributed by atoms with van der Waals surface area (Å²) in [7, 11) is 0. The van der Waals surface area contributed by atoms with Crippen LogP contribution in [0.5, 0.6) is 0 Å². The van der Waals surface area contributed by atoms with Gasteiger partial charge in [0.2, 0.25) is 5.91 Å². The fourth-order valence-corrected chi connectivity index (χ4v) is 3.55. The summed E-state index contributed by atoms with van der Waals surface area (Å²) < 4.78 is 0. The van der Waals surface area contributed by atoms with Crippen molar-refractivity contribution in [1.29, 1.82) is 0 Å². The van der Waals surface area contributed by atoms with Crippen LogP contribution in [0.15, 0.2) is 36.4 Å². The molecule has 0 aliphatic carbocycles. The van der Waals surface area contributed by atoms with Gasteiger partial charge in [-0.3, -0.25) is 4.79 Å². The van der Waals surface area contributed by atoms with Crippen LogP contribution in [0.4, 0.5) is 5.82 Å². The molecular formula is C22H31N5O. The lowest BCUT2D eigenvalue weighted by Crippen LogP contribution is -2.54. The highest BCUT2D eigenvalue weighted by molar-refractivity contribution is 5.79. The van der Waals surface area contributed by atoms with Gasteiger partial charge in [-0.15, -0.1) is 5.10 Å². The van der Waals surface area contributed by atoms with Crippen molar-refractivity contribution in [3.05, 3.63) is 53.2 Å². The van der Waals surface area contributed by atoms with Gasteiger partial charge in [0.1, 0.15) is 0 Å². The molecule has 1 amide bonds. The van der Waals surface area contributed by atoms with E-state index < -0.39 is 0 Å². The summed E-state index contributed by atoms with van der Waals surface area (Å²) in [4.78, 5) is 16.9. The predicted molar refractivity (Wildman–Crippen MR) is 112 cm³/mol. The van der Waals surface area contributed by atoms with Gasteiger partial charge in [0.25, 0.3) is 0 Å². The zero-order valence-electron chi connectivity index (χ0n) is 17.4. The lowest BCUT2D eigenvalue weighted by atomic mass is 9.86. The SMILES string of the molecule is C[C@H]1CN(C(=O)Cc2ccc(C(C)(C)C)cc2)CCN1c1ccc(CN)nn1. The summed E-state index contributed by atoms with van der Waals surface area (Å²) in [6.45, 7) is 11.2. The number of anilines is 1. The van der Waals surface area contributed by atoms with Crippen LogP contribution in [-0.2, 0) is 23.2 Å². The van der Waals surface area contributed by atoms with Crippen molar-refractivity contribution < 1.29 is 4.79 Å².